The van der Waals surface area contributed by atoms with E-state index in [0.717, 1.165) is 37.2 Å². The van der Waals surface area contributed by atoms with E-state index in [2.05, 4.69) is 65.1 Å². The number of nitrogens with one attached hydrogen (secondary N) is 1. The van der Waals surface area contributed by atoms with Gasteiger partial charge < -0.3 is 15.0 Å². The number of halogens is 1. The Balaban J connectivity index is 2.33. The number of morpholine rings is 1. The number of ether oxygens (including phenoxy) is 1. The molecule has 112 valence electrons. The number of benzene rings is 1. The fourth-order valence-corrected chi connectivity index (χ4v) is 3.24. The molecule has 0 saturated carbocycles. The third-order valence-corrected chi connectivity index (χ3v) is 4.47. The average Bonchev–Trinajstić information content (AvgIpc) is 2.47. The van der Waals surface area contributed by atoms with Gasteiger partial charge in [0.15, 0.2) is 0 Å². The van der Waals surface area contributed by atoms with Crippen molar-refractivity contribution < 1.29 is 4.74 Å². The highest BCUT2D eigenvalue weighted by atomic mass is 79.9. The van der Waals surface area contributed by atoms with Crippen LogP contribution >= 0.6 is 15.9 Å². The van der Waals surface area contributed by atoms with Crippen molar-refractivity contribution >= 4 is 21.6 Å². The van der Waals surface area contributed by atoms with Gasteiger partial charge in [-0.25, -0.2) is 0 Å². The molecule has 0 spiro atoms. The van der Waals surface area contributed by atoms with E-state index in [4.69, 9.17) is 4.74 Å². The first kappa shape index (κ1) is 15.8. The maximum absolute atomic E-state index is 5.63. The van der Waals surface area contributed by atoms with Gasteiger partial charge in [0.2, 0.25) is 0 Å². The predicted molar refractivity (Wildman–Crippen MR) is 88.5 cm³/mol. The molecule has 0 aliphatic carbocycles. The van der Waals surface area contributed by atoms with Gasteiger partial charge in [-0.2, -0.15) is 0 Å². The lowest BCUT2D eigenvalue weighted by Gasteiger charge is -2.39. The number of rotatable bonds is 5. The van der Waals surface area contributed by atoms with Crippen LogP contribution in [-0.4, -0.2) is 32.3 Å². The summed E-state index contributed by atoms with van der Waals surface area (Å²) in [6.45, 7) is 10.2. The highest BCUT2D eigenvalue weighted by molar-refractivity contribution is 9.10. The van der Waals surface area contributed by atoms with Crippen molar-refractivity contribution in [2.75, 3.05) is 31.2 Å². The monoisotopic (exact) mass is 340 g/mol. The zero-order chi connectivity index (χ0) is 14.5. The molecule has 1 aliphatic rings. The Hall–Kier alpha value is -0.580. The second-order valence-electron chi connectivity index (χ2n) is 5.31. The molecule has 0 aromatic heterocycles. The van der Waals surface area contributed by atoms with E-state index in [1.807, 2.05) is 0 Å². The minimum absolute atomic E-state index is 0.354. The lowest BCUT2D eigenvalue weighted by Crippen LogP contribution is -2.45. The quantitative estimate of drug-likeness (QED) is 0.883. The fourth-order valence-electron chi connectivity index (χ4n) is 2.86. The van der Waals surface area contributed by atoms with E-state index < -0.39 is 0 Å². The van der Waals surface area contributed by atoms with Crippen molar-refractivity contribution in [3.05, 3.63) is 28.2 Å². The van der Waals surface area contributed by atoms with Crippen LogP contribution in [0, 0.1) is 0 Å². The Morgan fingerprint density at radius 3 is 2.95 bits per heavy atom. The molecule has 1 aromatic rings. The first-order valence-electron chi connectivity index (χ1n) is 7.54. The third kappa shape index (κ3) is 3.54. The minimum atomic E-state index is 0.354. The van der Waals surface area contributed by atoms with Crippen LogP contribution in [0.4, 0.5) is 5.69 Å². The average molecular weight is 341 g/mol. The van der Waals surface area contributed by atoms with Crippen molar-refractivity contribution in [2.45, 2.75) is 39.3 Å². The molecule has 0 amide bonds. The van der Waals surface area contributed by atoms with Crippen molar-refractivity contribution in [2.24, 2.45) is 0 Å². The Labute approximate surface area is 130 Å². The van der Waals surface area contributed by atoms with Gasteiger partial charge >= 0.3 is 0 Å². The third-order valence-electron chi connectivity index (χ3n) is 3.97. The Bertz CT molecular complexity index is 438. The predicted octanol–water partition coefficient (Wildman–Crippen LogP) is 3.73. The summed E-state index contributed by atoms with van der Waals surface area (Å²) in [6, 6.07) is 7.46. The lowest BCUT2D eigenvalue weighted by molar-refractivity contribution is 0.0928. The van der Waals surface area contributed by atoms with Crippen LogP contribution in [0.5, 0.6) is 0 Å². The standard InChI is InChI=1S/C16H25BrN2O/c1-4-14-11-20-9-8-19(14)16-7-6-13(17)10-15(16)12(3)18-5-2/h6-7,10,12,14,18H,4-5,8-9,11H2,1-3H3. The first-order chi connectivity index (χ1) is 9.67. The highest BCUT2D eigenvalue weighted by Gasteiger charge is 2.24. The van der Waals surface area contributed by atoms with Crippen molar-refractivity contribution in [1.82, 2.24) is 5.32 Å². The second-order valence-corrected chi connectivity index (χ2v) is 6.23. The smallest absolute Gasteiger partial charge is 0.0670 e. The molecule has 2 rings (SSSR count). The van der Waals surface area contributed by atoms with Gasteiger partial charge in [-0.15, -0.1) is 0 Å². The van der Waals surface area contributed by atoms with Gasteiger partial charge in [0, 0.05) is 22.7 Å². The van der Waals surface area contributed by atoms with Crippen molar-refractivity contribution in [3.63, 3.8) is 0 Å². The van der Waals surface area contributed by atoms with E-state index in [-0.39, 0.29) is 0 Å². The minimum Gasteiger partial charge on any atom is -0.377 e. The molecule has 1 N–H and O–H groups in total. The van der Waals surface area contributed by atoms with Gasteiger partial charge in [0.05, 0.1) is 19.3 Å². The Morgan fingerprint density at radius 1 is 1.45 bits per heavy atom. The van der Waals surface area contributed by atoms with Crippen LogP contribution in [-0.2, 0) is 4.74 Å². The van der Waals surface area contributed by atoms with Gasteiger partial charge in [-0.3, -0.25) is 0 Å². The maximum atomic E-state index is 5.63. The molecule has 1 saturated heterocycles. The van der Waals surface area contributed by atoms with Crippen molar-refractivity contribution in [3.8, 4) is 0 Å². The molecule has 2 atom stereocenters. The van der Waals surface area contributed by atoms with E-state index in [0.29, 0.717) is 12.1 Å². The molecule has 3 nitrogen and oxygen atoms in total. The summed E-state index contributed by atoms with van der Waals surface area (Å²) in [5.74, 6) is 0. The normalized spacial score (nSPS) is 21.0. The summed E-state index contributed by atoms with van der Waals surface area (Å²) in [5, 5.41) is 3.52. The number of hydrogen-bond donors (Lipinski definition) is 1. The van der Waals surface area contributed by atoms with Crippen LogP contribution in [0.15, 0.2) is 22.7 Å². The summed E-state index contributed by atoms with van der Waals surface area (Å²) < 4.78 is 6.77. The van der Waals surface area contributed by atoms with Crippen LogP contribution in [0.1, 0.15) is 38.8 Å². The summed E-state index contributed by atoms with van der Waals surface area (Å²) in [6.07, 6.45) is 1.12. The molecule has 2 unspecified atom stereocenters. The van der Waals surface area contributed by atoms with Gasteiger partial charge in [0.25, 0.3) is 0 Å². The van der Waals surface area contributed by atoms with Crippen molar-refractivity contribution in [1.29, 1.82) is 0 Å². The SMILES string of the molecule is CCNC(C)c1cc(Br)ccc1N1CCOCC1CC. The molecule has 0 radical (unpaired) electrons. The molecule has 1 heterocycles. The number of nitrogens with zero attached hydrogens (tertiary/aromatic N) is 1. The lowest BCUT2D eigenvalue weighted by atomic mass is 10.0. The Morgan fingerprint density at radius 2 is 2.25 bits per heavy atom. The molecule has 1 fully saturated rings. The van der Waals surface area contributed by atoms with Crippen LogP contribution in [0.3, 0.4) is 0 Å². The zero-order valence-corrected chi connectivity index (χ0v) is 14.2. The largest absolute Gasteiger partial charge is 0.377 e. The highest BCUT2D eigenvalue weighted by Crippen LogP contribution is 2.32. The summed E-state index contributed by atoms with van der Waals surface area (Å²) in [4.78, 5) is 2.51. The number of hydrogen-bond acceptors (Lipinski definition) is 3. The van der Waals surface area contributed by atoms with Gasteiger partial charge in [-0.1, -0.05) is 29.8 Å². The molecular formula is C16H25BrN2O. The summed E-state index contributed by atoms with van der Waals surface area (Å²) >= 11 is 3.60. The molecule has 0 bridgehead atoms. The molecule has 4 heteroatoms. The Kier molecular flexibility index (Phi) is 5.87. The molecule has 20 heavy (non-hydrogen) atoms. The van der Waals surface area contributed by atoms with Crippen LogP contribution in [0.2, 0.25) is 0 Å². The first-order valence-corrected chi connectivity index (χ1v) is 8.33. The fraction of sp³-hybridized carbons (Fsp3) is 0.625. The zero-order valence-electron chi connectivity index (χ0n) is 12.7. The number of anilines is 1. The molecule has 1 aromatic carbocycles. The molecular weight excluding hydrogens is 316 g/mol. The summed E-state index contributed by atoms with van der Waals surface area (Å²) in [7, 11) is 0. The van der Waals surface area contributed by atoms with E-state index in [1.165, 1.54) is 11.3 Å². The van der Waals surface area contributed by atoms with Gasteiger partial charge in [-0.05, 0) is 43.7 Å². The second kappa shape index (κ2) is 7.43. The summed E-state index contributed by atoms with van der Waals surface area (Å²) in [5.41, 5.74) is 2.71. The van der Waals surface area contributed by atoms with E-state index in [1.54, 1.807) is 0 Å². The molecule has 1 aliphatic heterocycles. The van der Waals surface area contributed by atoms with Gasteiger partial charge in [0.1, 0.15) is 0 Å². The van der Waals surface area contributed by atoms with Crippen LogP contribution < -0.4 is 10.2 Å². The maximum Gasteiger partial charge on any atom is 0.0670 e. The van der Waals surface area contributed by atoms with E-state index in [9.17, 15) is 0 Å². The van der Waals surface area contributed by atoms with Crippen LogP contribution in [0.25, 0.3) is 0 Å². The van der Waals surface area contributed by atoms with E-state index >= 15 is 0 Å². The topological polar surface area (TPSA) is 24.5 Å².